The van der Waals surface area contributed by atoms with E-state index in [1.165, 1.54) is 123 Å². The number of piperazine rings is 5. The Bertz CT molecular complexity index is 6260. The first-order chi connectivity index (χ1) is 65.5. The summed E-state index contributed by atoms with van der Waals surface area (Å²) in [5, 5.41) is 50.4. The number of hydrogen-bond donors (Lipinski definition) is 0. The molecule has 25 aliphatic heterocycles. The number of likely N-dealkylation sites (N-methyl/N-ethyl adjacent to an activating group) is 4. The van der Waals surface area contributed by atoms with Gasteiger partial charge in [-0.05, 0) is 170 Å². The van der Waals surface area contributed by atoms with Gasteiger partial charge in [-0.15, -0.1) is 0 Å². The Labute approximate surface area is 832 Å². The van der Waals surface area contributed by atoms with E-state index in [9.17, 15) is 74.3 Å². The van der Waals surface area contributed by atoms with Crippen molar-refractivity contribution in [3.05, 3.63) is 119 Å². The summed E-state index contributed by atoms with van der Waals surface area (Å²) in [6.45, 7) is 19.0. The van der Waals surface area contributed by atoms with Crippen molar-refractivity contribution in [2.75, 3.05) is 62.2 Å². The Kier molecular flexibility index (Phi) is 20.6. The summed E-state index contributed by atoms with van der Waals surface area (Å²) >= 11 is 0. The third kappa shape index (κ3) is 11.9. The van der Waals surface area contributed by atoms with Crippen LogP contribution in [0.3, 0.4) is 0 Å². The Morgan fingerprint density at radius 3 is 0.739 bits per heavy atom. The number of amides is 10. The third-order valence-electron chi connectivity index (χ3n) is 31.2. The normalized spacial score (nSPS) is 38.9. The summed E-state index contributed by atoms with van der Waals surface area (Å²) in [5.41, 5.74) is -0.551. The highest BCUT2D eigenvalue weighted by atomic mass is 33.1. The number of ether oxygens (including phenoxy) is 10. The van der Waals surface area contributed by atoms with Crippen molar-refractivity contribution in [1.82, 2.24) is 49.0 Å². The van der Waals surface area contributed by atoms with Gasteiger partial charge in [-0.1, -0.05) is 145 Å². The molecule has 10 bridgehead atoms. The molecule has 0 aromatic heterocycles. The van der Waals surface area contributed by atoms with Gasteiger partial charge in [-0.2, -0.15) is 26.3 Å². The summed E-state index contributed by atoms with van der Waals surface area (Å²) in [4.78, 5) is 141. The molecule has 716 valence electrons. The fourth-order valence-electron chi connectivity index (χ4n) is 23.6. The van der Waals surface area contributed by atoms with Crippen LogP contribution in [-0.2, 0) is 47.9 Å². The lowest BCUT2D eigenvalue weighted by Crippen LogP contribution is -2.75. The summed E-state index contributed by atoms with van der Waals surface area (Å²) in [7, 11) is 21.0. The second kappa shape index (κ2) is 30.6. The molecule has 1 saturated carbocycles. The van der Waals surface area contributed by atoms with E-state index in [1.807, 2.05) is 120 Å². The molecular weight excluding hydrogens is 1970 g/mol. The molecule has 0 radical (unpaired) electrons. The van der Waals surface area contributed by atoms with E-state index < -0.39 is 106 Å². The number of hydrogen-bond acceptors (Lipinski definition) is 35. The minimum absolute atomic E-state index is 0.0180. The Morgan fingerprint density at radius 2 is 0.493 bits per heavy atom. The number of nitriles is 5. The number of nitrogens with zero attached hydrogens (tertiary/aromatic N) is 15. The fourth-order valence-corrected chi connectivity index (χ4v) is 41.9. The minimum atomic E-state index is -1.06. The van der Waals surface area contributed by atoms with Crippen LogP contribution in [0.25, 0.3) is 0 Å². The van der Waals surface area contributed by atoms with E-state index in [0.29, 0.717) is 76.8 Å². The monoisotopic (exact) mass is 2060 g/mol. The van der Waals surface area contributed by atoms with Gasteiger partial charge in [0.25, 0.3) is 59.1 Å². The molecule has 5 spiro atoms. The van der Waals surface area contributed by atoms with Crippen LogP contribution in [0.1, 0.15) is 179 Å². The molecular formula is C93H89N15O20S10. The maximum atomic E-state index is 13.8. The van der Waals surface area contributed by atoms with Gasteiger partial charge in [0.05, 0.1) is 87.6 Å². The molecule has 2 unspecified atom stereocenters. The molecule has 5 aromatic carbocycles. The predicted octanol–water partition coefficient (Wildman–Crippen LogP) is 13.4. The van der Waals surface area contributed by atoms with Crippen LogP contribution >= 0.6 is 108 Å². The number of carbonyl (C=O) groups excluding carboxylic acids is 10. The molecule has 20 atom stereocenters. The quantitative estimate of drug-likeness (QED) is 0.137. The average molecular weight is 2060 g/mol. The Morgan fingerprint density at radius 1 is 0.275 bits per heavy atom. The van der Waals surface area contributed by atoms with Gasteiger partial charge in [-0.25, -0.2) is 0 Å². The van der Waals surface area contributed by atoms with E-state index >= 15 is 0 Å². The van der Waals surface area contributed by atoms with Crippen LogP contribution in [0.15, 0.2) is 91.0 Å². The van der Waals surface area contributed by atoms with E-state index in [-0.39, 0.29) is 118 Å². The highest BCUT2D eigenvalue weighted by Crippen LogP contribution is 2.77. The lowest BCUT2D eigenvalue weighted by Gasteiger charge is -2.58. The number of carbonyl (C=O) groups is 10. The zero-order valence-corrected chi connectivity index (χ0v) is 84.9. The Hall–Kier alpha value is -10.3. The average Bonchev–Trinajstić information content (AvgIpc) is 1.50. The summed E-state index contributed by atoms with van der Waals surface area (Å²) in [5.74, 6) is 5.22. The molecule has 45 heteroatoms. The van der Waals surface area contributed by atoms with E-state index in [1.54, 1.807) is 103 Å². The first kappa shape index (κ1) is 92.8. The molecule has 1 aliphatic carbocycles. The van der Waals surface area contributed by atoms with E-state index in [2.05, 4.69) is 30.3 Å². The highest BCUT2D eigenvalue weighted by molar-refractivity contribution is 8.79. The standard InChI is InChI=1S/C20H19N3O4S2.C19H19N3O4S2.3C18H17N3O4S2/c1-18(9-21)8-20-17(25)22(12-4-5-12)19(2,28-29-20)16(24)23(20)15(18)11-3-6-13-14(7-11)27-10-26-13;1-4-18-16(24)22-14(11-5-6-12-13(7-11)26-10-25-12)17(2,9-20)8-19(22,28-27-18)15(23)21(18)3;3*1-16(8-19)7-18-15(23)20(3)17(2,26-27-18)14(22)21(18)13(16)10-4-5-11-12(6-10)25-9-24-11/h3,6-7,12,15H,4-5,8,10H2,1-2H3;5-7,14H,4,8,10H2,1-3H3;3*4-6,13H,7,9H2,1-3H3/t15?,18-,19+,20+;14?,17-,18+,19+;2*13-,16+,17-,18-;13-,16-,17+,18+/m11100/s1. The first-order valence-corrected chi connectivity index (χ1v) is 55.3. The highest BCUT2D eigenvalue weighted by Gasteiger charge is 2.82. The molecule has 20 saturated heterocycles. The topological polar surface area (TPSA) is 414 Å². The molecule has 0 N–H and O–H groups in total. The van der Waals surface area contributed by atoms with Gasteiger partial charge in [-0.3, -0.25) is 47.9 Å². The van der Waals surface area contributed by atoms with Crippen LogP contribution < -0.4 is 47.4 Å². The van der Waals surface area contributed by atoms with E-state index in [0.717, 1.165) is 40.7 Å². The van der Waals surface area contributed by atoms with Crippen LogP contribution in [0.4, 0.5) is 0 Å². The maximum absolute atomic E-state index is 13.8. The van der Waals surface area contributed by atoms with E-state index in [4.69, 9.17) is 47.4 Å². The summed E-state index contributed by atoms with van der Waals surface area (Å²) in [6, 6.07) is 37.0. The number of fused-ring (bicyclic) bond motifs is 15. The van der Waals surface area contributed by atoms with Crippen LogP contribution in [0.5, 0.6) is 57.5 Å². The van der Waals surface area contributed by atoms with Crippen LogP contribution in [0, 0.1) is 83.7 Å². The molecule has 10 amide bonds. The second-order valence-corrected chi connectivity index (χ2v) is 53.6. The number of rotatable bonds is 7. The zero-order valence-electron chi connectivity index (χ0n) is 76.8. The fraction of sp³-hybridized carbons (Fsp3) is 0.516. The van der Waals surface area contributed by atoms with Crippen molar-refractivity contribution >= 4 is 167 Å². The lowest BCUT2D eigenvalue weighted by atomic mass is 9.79. The van der Waals surface area contributed by atoms with Gasteiger partial charge in [0, 0.05) is 66.3 Å². The van der Waals surface area contributed by atoms with Crippen LogP contribution in [-0.4, -0.2) is 225 Å². The first-order valence-electron chi connectivity index (χ1n) is 44.5. The minimum Gasteiger partial charge on any atom is -0.454 e. The van der Waals surface area contributed by atoms with Gasteiger partial charge < -0.3 is 96.4 Å². The van der Waals surface area contributed by atoms with Gasteiger partial charge in [0.15, 0.2) is 106 Å². The van der Waals surface area contributed by atoms with Crippen molar-refractivity contribution < 1.29 is 95.3 Å². The maximum Gasteiger partial charge on any atom is 0.262 e. The zero-order chi connectivity index (χ0) is 97.6. The van der Waals surface area contributed by atoms with Gasteiger partial charge in [0.2, 0.25) is 34.0 Å². The number of benzene rings is 5. The van der Waals surface area contributed by atoms with Gasteiger partial charge >= 0.3 is 0 Å². The largest absolute Gasteiger partial charge is 0.454 e. The van der Waals surface area contributed by atoms with Crippen molar-refractivity contribution in [3.63, 3.8) is 0 Å². The smallest absolute Gasteiger partial charge is 0.262 e. The SMILES string of the molecule is CC[C@]12SS[C@@]3(C[C@](C)(C#N)C(c4ccc5c(c4)OCO5)N3C1=O)C(=O)N2C.CN1C(=O)[C@@]23C[C@](C)(C#N)[C@H](c4ccc5c(c4)OCO5)N2C(=O)[C@]1(C)SS3.CN1C(=O)[C@]23C[C@@](C)(C#N)[C@@H](c4ccc5c(c4)OCO5)N2C(=O)[C@@]1(C)SS3.CN1C(=O)[C@]23C[C@@](C)(C#N)[C@H](c4ccc5c(c4)OCO5)N2C(=O)[C@@]1(C)SS3.C[C@]1(C#N)C[C@@]23SS[C@@](C)(C(=O)N2C1c1ccc2c(c1)OCO2)N(C1CC1)C3=O. The molecule has 138 heavy (non-hydrogen) atoms. The van der Waals surface area contributed by atoms with Gasteiger partial charge in [0.1, 0.15) is 0 Å². The second-order valence-electron chi connectivity index (χ2n) is 39.7. The van der Waals surface area contributed by atoms with Crippen LogP contribution in [0.2, 0.25) is 0 Å². The molecule has 31 rings (SSSR count). The molecule has 26 aliphatic rings. The molecule has 21 fully saturated rings. The van der Waals surface area contributed by atoms with Crippen molar-refractivity contribution in [2.24, 2.45) is 27.1 Å². The predicted molar refractivity (Wildman–Crippen MR) is 510 cm³/mol. The summed E-state index contributed by atoms with van der Waals surface area (Å²) < 4.78 is 54.5. The lowest BCUT2D eigenvalue weighted by molar-refractivity contribution is -0.166. The van der Waals surface area contributed by atoms with Crippen molar-refractivity contribution in [2.45, 2.75) is 206 Å². The van der Waals surface area contributed by atoms with Crippen molar-refractivity contribution in [3.8, 4) is 87.8 Å². The third-order valence-corrected chi connectivity index (χ3v) is 49.8. The molecule has 35 nitrogen and oxygen atoms in total. The molecule has 5 aromatic rings. The van der Waals surface area contributed by atoms with Crippen molar-refractivity contribution in [1.29, 1.82) is 26.3 Å². The Balaban J connectivity index is 0.0000000996. The summed E-state index contributed by atoms with van der Waals surface area (Å²) in [6.07, 6.45) is 3.87. The molecule has 25 heterocycles.